The van der Waals surface area contributed by atoms with E-state index in [0.717, 1.165) is 37.5 Å². The van der Waals surface area contributed by atoms with E-state index in [2.05, 4.69) is 40.2 Å². The van der Waals surface area contributed by atoms with E-state index >= 15 is 0 Å². The fraction of sp³-hybridized carbons (Fsp3) is 0.483. The van der Waals surface area contributed by atoms with Crippen molar-refractivity contribution in [1.29, 1.82) is 0 Å². The predicted octanol–water partition coefficient (Wildman–Crippen LogP) is 5.54. The monoisotopic (exact) mass is 561 g/mol. The van der Waals surface area contributed by atoms with Crippen LogP contribution in [0.5, 0.6) is 0 Å². The van der Waals surface area contributed by atoms with Crippen molar-refractivity contribution < 1.29 is 13.9 Å². The summed E-state index contributed by atoms with van der Waals surface area (Å²) < 4.78 is 13.7. The van der Waals surface area contributed by atoms with Crippen LogP contribution in [0.1, 0.15) is 62.8 Å². The van der Waals surface area contributed by atoms with Gasteiger partial charge >= 0.3 is 6.09 Å². The van der Waals surface area contributed by atoms with E-state index in [1.807, 2.05) is 37.8 Å². The summed E-state index contributed by atoms with van der Waals surface area (Å²) in [4.78, 5) is 30.9. The first-order valence-corrected chi connectivity index (χ1v) is 14.7. The second kappa shape index (κ2) is 10.8. The molecule has 2 aliphatic heterocycles. The molecule has 0 saturated carbocycles. The van der Waals surface area contributed by atoms with Crippen molar-refractivity contribution in [2.45, 2.75) is 64.6 Å². The highest BCUT2D eigenvalue weighted by atomic mass is 32.1. The number of oxazole rings is 1. The van der Waals surface area contributed by atoms with Gasteiger partial charge in [-0.05, 0) is 52.6 Å². The fourth-order valence-corrected chi connectivity index (χ4v) is 5.85. The molecular weight excluding hydrogens is 526 g/mol. The predicted molar refractivity (Wildman–Crippen MR) is 152 cm³/mol. The molecule has 0 N–H and O–H groups in total. The number of carbonyl (C=O) groups is 1. The van der Waals surface area contributed by atoms with Gasteiger partial charge in [0.15, 0.2) is 10.8 Å². The third kappa shape index (κ3) is 5.66. The topological polar surface area (TPSA) is 102 Å². The van der Waals surface area contributed by atoms with Crippen LogP contribution in [0.15, 0.2) is 46.3 Å². The van der Waals surface area contributed by atoms with Crippen LogP contribution in [0.3, 0.4) is 0 Å². The number of hydrogen-bond donors (Lipinski definition) is 0. The number of aromatic nitrogens is 5. The second-order valence-corrected chi connectivity index (χ2v) is 12.5. The van der Waals surface area contributed by atoms with Crippen molar-refractivity contribution >= 4 is 17.4 Å². The average molecular weight is 562 g/mol. The number of aryl methyl sites for hydroxylation is 1. The molecule has 0 aliphatic carbocycles. The molecule has 3 aromatic heterocycles. The molecule has 0 radical (unpaired) electrons. The van der Waals surface area contributed by atoms with Gasteiger partial charge in [0.1, 0.15) is 17.1 Å². The number of thiazole rings is 1. The molecule has 210 valence electrons. The molecule has 1 amide bonds. The Kier molecular flexibility index (Phi) is 7.18. The molecular formula is C29H35N7O3S. The highest BCUT2D eigenvalue weighted by molar-refractivity contribution is 7.13. The summed E-state index contributed by atoms with van der Waals surface area (Å²) in [6.45, 7) is 11.4. The first kappa shape index (κ1) is 26.6. The van der Waals surface area contributed by atoms with Gasteiger partial charge < -0.3 is 14.1 Å². The molecule has 2 saturated heterocycles. The first-order chi connectivity index (χ1) is 19.2. The minimum Gasteiger partial charge on any atom is -0.445 e. The zero-order chi connectivity index (χ0) is 27.9. The van der Waals surface area contributed by atoms with Gasteiger partial charge in [0, 0.05) is 37.8 Å². The van der Waals surface area contributed by atoms with Crippen LogP contribution in [0.25, 0.3) is 22.4 Å². The van der Waals surface area contributed by atoms with Gasteiger partial charge in [0.25, 0.3) is 0 Å². The maximum absolute atomic E-state index is 12.4. The zero-order valence-corrected chi connectivity index (χ0v) is 24.2. The molecule has 4 aromatic rings. The Bertz CT molecular complexity index is 1450. The zero-order valence-electron chi connectivity index (χ0n) is 23.4. The SMILES string of the molecule is Cc1oc(C2CN(C(=O)OC(C)(C)C)C2)nc1-c1nc(-c2nccs2)nn1C1CCCN(Cc2ccccc2)C1. The summed E-state index contributed by atoms with van der Waals surface area (Å²) in [6.07, 6.45) is 3.55. The molecule has 5 heterocycles. The summed E-state index contributed by atoms with van der Waals surface area (Å²) in [6, 6.07) is 10.7. The van der Waals surface area contributed by atoms with Gasteiger partial charge in [0.2, 0.25) is 11.7 Å². The van der Waals surface area contributed by atoms with Gasteiger partial charge in [0.05, 0.1) is 12.0 Å². The lowest BCUT2D eigenvalue weighted by molar-refractivity contribution is 0.00602. The van der Waals surface area contributed by atoms with E-state index in [1.165, 1.54) is 16.9 Å². The van der Waals surface area contributed by atoms with Crippen LogP contribution in [-0.4, -0.2) is 72.4 Å². The molecule has 2 aliphatic rings. The number of ether oxygens (including phenoxy) is 1. The number of benzene rings is 1. The van der Waals surface area contributed by atoms with Gasteiger partial charge in [-0.3, -0.25) is 4.90 Å². The Morgan fingerprint density at radius 1 is 1.15 bits per heavy atom. The summed E-state index contributed by atoms with van der Waals surface area (Å²) in [7, 11) is 0. The molecule has 0 bridgehead atoms. The molecule has 2 fully saturated rings. The maximum atomic E-state index is 12.4. The number of nitrogens with zero attached hydrogens (tertiary/aromatic N) is 7. The van der Waals surface area contributed by atoms with Crippen molar-refractivity contribution in [2.75, 3.05) is 26.2 Å². The van der Waals surface area contributed by atoms with Crippen LogP contribution < -0.4 is 0 Å². The van der Waals surface area contributed by atoms with Crippen LogP contribution in [0.2, 0.25) is 0 Å². The van der Waals surface area contributed by atoms with E-state index < -0.39 is 5.60 Å². The van der Waals surface area contributed by atoms with E-state index in [4.69, 9.17) is 24.2 Å². The largest absolute Gasteiger partial charge is 0.445 e. The lowest BCUT2D eigenvalue weighted by Gasteiger charge is -2.38. The van der Waals surface area contributed by atoms with Crippen molar-refractivity contribution in [3.8, 4) is 22.4 Å². The molecule has 1 unspecified atom stereocenters. The highest BCUT2D eigenvalue weighted by Crippen LogP contribution is 2.35. The Morgan fingerprint density at radius 2 is 1.95 bits per heavy atom. The van der Waals surface area contributed by atoms with Gasteiger partial charge in [-0.25, -0.2) is 24.4 Å². The molecule has 1 aromatic carbocycles. The summed E-state index contributed by atoms with van der Waals surface area (Å²) in [5.74, 6) is 2.64. The quantitative estimate of drug-likeness (QED) is 0.303. The van der Waals surface area contributed by atoms with Crippen LogP contribution in [0.4, 0.5) is 4.79 Å². The fourth-order valence-electron chi connectivity index (χ4n) is 5.29. The molecule has 6 rings (SSSR count). The maximum Gasteiger partial charge on any atom is 0.410 e. The van der Waals surface area contributed by atoms with Gasteiger partial charge in [-0.2, -0.15) is 0 Å². The number of hydrogen-bond acceptors (Lipinski definition) is 9. The normalized spacial score (nSPS) is 18.6. The van der Waals surface area contributed by atoms with E-state index in [1.54, 1.807) is 11.1 Å². The van der Waals surface area contributed by atoms with E-state index in [0.29, 0.717) is 42.1 Å². The second-order valence-electron chi connectivity index (χ2n) is 11.6. The first-order valence-electron chi connectivity index (χ1n) is 13.8. The Morgan fingerprint density at radius 3 is 2.67 bits per heavy atom. The number of rotatable bonds is 6. The Balaban J connectivity index is 1.25. The minimum atomic E-state index is -0.524. The summed E-state index contributed by atoms with van der Waals surface area (Å²) in [5.41, 5.74) is 1.48. The lowest BCUT2D eigenvalue weighted by atomic mass is 10.0. The molecule has 40 heavy (non-hydrogen) atoms. The van der Waals surface area contributed by atoms with Crippen molar-refractivity contribution in [3.05, 3.63) is 59.1 Å². The third-order valence-corrected chi connectivity index (χ3v) is 8.01. The lowest BCUT2D eigenvalue weighted by Crippen LogP contribution is -2.50. The van der Waals surface area contributed by atoms with Crippen LogP contribution in [-0.2, 0) is 11.3 Å². The van der Waals surface area contributed by atoms with E-state index in [-0.39, 0.29) is 18.1 Å². The third-order valence-electron chi connectivity index (χ3n) is 7.24. The van der Waals surface area contributed by atoms with E-state index in [9.17, 15) is 4.79 Å². The van der Waals surface area contributed by atoms with Crippen molar-refractivity contribution in [3.63, 3.8) is 0 Å². The Hall–Kier alpha value is -3.57. The number of carbonyl (C=O) groups excluding carboxylic acids is 1. The highest BCUT2D eigenvalue weighted by Gasteiger charge is 2.38. The molecule has 11 heteroatoms. The Labute approximate surface area is 238 Å². The van der Waals surface area contributed by atoms with Gasteiger partial charge in [-0.15, -0.1) is 16.4 Å². The minimum absolute atomic E-state index is 0.0193. The molecule has 0 spiro atoms. The molecule has 1 atom stereocenters. The van der Waals surface area contributed by atoms with Crippen molar-refractivity contribution in [1.82, 2.24) is 34.5 Å². The van der Waals surface area contributed by atoms with Crippen LogP contribution in [0, 0.1) is 6.92 Å². The number of amides is 1. The number of likely N-dealkylation sites (tertiary alicyclic amines) is 2. The number of piperidine rings is 1. The smallest absolute Gasteiger partial charge is 0.410 e. The van der Waals surface area contributed by atoms with Crippen molar-refractivity contribution in [2.24, 2.45) is 0 Å². The molecule has 10 nitrogen and oxygen atoms in total. The van der Waals surface area contributed by atoms with Crippen LogP contribution >= 0.6 is 11.3 Å². The summed E-state index contributed by atoms with van der Waals surface area (Å²) >= 11 is 1.52. The summed E-state index contributed by atoms with van der Waals surface area (Å²) in [5, 5.41) is 7.69. The average Bonchev–Trinajstić information content (AvgIpc) is 3.63. The van der Waals surface area contributed by atoms with Gasteiger partial charge in [-0.1, -0.05) is 30.3 Å². The standard InChI is InChI=1S/C29H35N7O3S/c1-19-23(31-26(38-19)21-16-35(17-21)28(37)39-29(2,3)4)25-32-24(27-30-12-14-40-27)33-36(25)22-11-8-13-34(18-22)15-20-9-6-5-7-10-20/h5-7,9-10,12,14,21-22H,8,11,13,15-18H2,1-4H3.